The van der Waals surface area contributed by atoms with Crippen LogP contribution in [0.1, 0.15) is 11.1 Å². The summed E-state index contributed by atoms with van der Waals surface area (Å²) in [5, 5.41) is 17.4. The van der Waals surface area contributed by atoms with Gasteiger partial charge in [-0.2, -0.15) is 5.26 Å². The van der Waals surface area contributed by atoms with Gasteiger partial charge in [0, 0.05) is 17.7 Å². The third-order valence-corrected chi connectivity index (χ3v) is 6.37. The van der Waals surface area contributed by atoms with Gasteiger partial charge >= 0.3 is 0 Å². The Hall–Kier alpha value is -3.72. The van der Waals surface area contributed by atoms with E-state index in [4.69, 9.17) is 10.4 Å². The third kappa shape index (κ3) is 6.64. The van der Waals surface area contributed by atoms with E-state index < -0.39 is 32.0 Å². The average Bonchev–Trinajstić information content (AvgIpc) is 2.77. The number of benzene rings is 3. The minimum Gasteiger partial charge on any atom is -0.373 e. The molecule has 0 spiro atoms. The van der Waals surface area contributed by atoms with Crippen LogP contribution in [-0.4, -0.2) is 35.0 Å². The average molecular weight is 499 g/mol. The summed E-state index contributed by atoms with van der Waals surface area (Å²) in [4.78, 5) is 12.7. The lowest BCUT2D eigenvalue weighted by Crippen LogP contribution is -2.43. The predicted octanol–water partition coefficient (Wildman–Crippen LogP) is 1.97. The standard InChI is InChI=1S/C23H22N4O5S2/c1-33(29,30)27-23(28)21(14-16-5-4-6-17(13-16)15-24)26-19-11-9-18(10-12-19)20-7-2-3-8-22(20)34(25,31)32/h2-13,21,26H,14H2,1H3,(H,27,28)(H2,25,31,32)/t21-/m0/s1. The number of rotatable bonds is 8. The highest BCUT2D eigenvalue weighted by molar-refractivity contribution is 7.89. The summed E-state index contributed by atoms with van der Waals surface area (Å²) in [7, 11) is -7.72. The van der Waals surface area contributed by atoms with Gasteiger partial charge in [-0.1, -0.05) is 42.5 Å². The van der Waals surface area contributed by atoms with E-state index in [-0.39, 0.29) is 11.3 Å². The largest absolute Gasteiger partial charge is 0.373 e. The molecule has 0 bridgehead atoms. The van der Waals surface area contributed by atoms with Crippen molar-refractivity contribution in [1.82, 2.24) is 4.72 Å². The van der Waals surface area contributed by atoms with E-state index in [1.807, 2.05) is 10.8 Å². The molecule has 176 valence electrons. The van der Waals surface area contributed by atoms with Crippen molar-refractivity contribution in [2.24, 2.45) is 5.14 Å². The zero-order valence-electron chi connectivity index (χ0n) is 18.1. The molecule has 0 aliphatic heterocycles. The summed E-state index contributed by atoms with van der Waals surface area (Å²) >= 11 is 0. The number of nitrogens with zero attached hydrogens (tertiary/aromatic N) is 1. The minimum atomic E-state index is -3.93. The van der Waals surface area contributed by atoms with E-state index in [0.29, 0.717) is 27.9 Å². The molecule has 3 aromatic carbocycles. The number of carbonyl (C=O) groups is 1. The highest BCUT2D eigenvalue weighted by Crippen LogP contribution is 2.28. The predicted molar refractivity (Wildman–Crippen MR) is 129 cm³/mol. The number of anilines is 1. The first-order valence-electron chi connectivity index (χ1n) is 9.96. The van der Waals surface area contributed by atoms with Crippen LogP contribution in [0.2, 0.25) is 0 Å². The van der Waals surface area contributed by atoms with Crippen LogP contribution in [0.5, 0.6) is 0 Å². The molecule has 0 aliphatic rings. The number of nitrogens with two attached hydrogens (primary N) is 1. The van der Waals surface area contributed by atoms with E-state index in [0.717, 1.165) is 6.26 Å². The van der Waals surface area contributed by atoms with Crippen LogP contribution < -0.4 is 15.2 Å². The maximum Gasteiger partial charge on any atom is 0.256 e. The second-order valence-corrected chi connectivity index (χ2v) is 10.8. The smallest absolute Gasteiger partial charge is 0.256 e. The van der Waals surface area contributed by atoms with E-state index in [1.54, 1.807) is 66.7 Å². The Bertz CT molecular complexity index is 1460. The maximum absolute atomic E-state index is 12.7. The maximum atomic E-state index is 12.7. The Kier molecular flexibility index (Phi) is 7.36. The van der Waals surface area contributed by atoms with Gasteiger partial charge in [0.05, 0.1) is 22.8 Å². The molecular formula is C23H22N4O5S2. The highest BCUT2D eigenvalue weighted by Gasteiger charge is 2.22. The summed E-state index contributed by atoms with van der Waals surface area (Å²) in [5.74, 6) is -0.756. The molecule has 3 rings (SSSR count). The summed E-state index contributed by atoms with van der Waals surface area (Å²) in [6, 6.07) is 20.6. The zero-order valence-corrected chi connectivity index (χ0v) is 19.7. The third-order valence-electron chi connectivity index (χ3n) is 4.83. The lowest BCUT2D eigenvalue weighted by molar-refractivity contribution is -0.120. The normalized spacial score (nSPS) is 12.4. The van der Waals surface area contributed by atoms with Gasteiger partial charge in [0.1, 0.15) is 6.04 Å². The molecule has 0 unspecified atom stereocenters. The van der Waals surface area contributed by atoms with Crippen LogP contribution in [0.4, 0.5) is 5.69 Å². The number of hydrogen-bond donors (Lipinski definition) is 3. The first kappa shape index (κ1) is 24.9. The topological polar surface area (TPSA) is 159 Å². The van der Waals surface area contributed by atoms with Crippen molar-refractivity contribution in [3.05, 3.63) is 83.9 Å². The molecule has 0 saturated carbocycles. The van der Waals surface area contributed by atoms with E-state index in [2.05, 4.69) is 5.32 Å². The van der Waals surface area contributed by atoms with Crippen molar-refractivity contribution in [3.8, 4) is 17.2 Å². The number of nitriles is 1. The van der Waals surface area contributed by atoms with Gasteiger partial charge in [0.15, 0.2) is 0 Å². The molecule has 0 saturated heterocycles. The zero-order chi connectivity index (χ0) is 24.9. The molecule has 9 nitrogen and oxygen atoms in total. The van der Waals surface area contributed by atoms with Crippen molar-refractivity contribution in [3.63, 3.8) is 0 Å². The monoisotopic (exact) mass is 498 g/mol. The molecule has 0 aliphatic carbocycles. The Morgan fingerprint density at radius 1 is 1.00 bits per heavy atom. The molecular weight excluding hydrogens is 476 g/mol. The van der Waals surface area contributed by atoms with Gasteiger partial charge in [0.2, 0.25) is 20.0 Å². The van der Waals surface area contributed by atoms with Gasteiger partial charge in [0.25, 0.3) is 5.91 Å². The minimum absolute atomic E-state index is 0.0153. The molecule has 0 radical (unpaired) electrons. The van der Waals surface area contributed by atoms with Crippen molar-refractivity contribution in [2.45, 2.75) is 17.4 Å². The van der Waals surface area contributed by atoms with Crippen molar-refractivity contribution in [2.75, 3.05) is 11.6 Å². The first-order valence-corrected chi connectivity index (χ1v) is 13.4. The highest BCUT2D eigenvalue weighted by atomic mass is 32.2. The Balaban J connectivity index is 1.89. The van der Waals surface area contributed by atoms with Crippen molar-refractivity contribution >= 4 is 31.6 Å². The lowest BCUT2D eigenvalue weighted by atomic mass is 10.0. The number of hydrogen-bond acceptors (Lipinski definition) is 7. The summed E-state index contributed by atoms with van der Waals surface area (Å²) in [5.41, 5.74) is 2.60. The van der Waals surface area contributed by atoms with E-state index in [1.165, 1.54) is 6.07 Å². The number of primary sulfonamides is 1. The van der Waals surface area contributed by atoms with Crippen molar-refractivity contribution in [1.29, 1.82) is 5.26 Å². The summed E-state index contributed by atoms with van der Waals surface area (Å²) in [6.45, 7) is 0. The van der Waals surface area contributed by atoms with Gasteiger partial charge in [-0.3, -0.25) is 9.52 Å². The first-order chi connectivity index (χ1) is 16.0. The van der Waals surface area contributed by atoms with Gasteiger partial charge in [-0.05, 0) is 41.5 Å². The number of carbonyl (C=O) groups excluding carboxylic acids is 1. The Morgan fingerprint density at radius 2 is 1.68 bits per heavy atom. The number of sulfonamides is 2. The summed E-state index contributed by atoms with van der Waals surface area (Å²) in [6.07, 6.45) is 1.00. The fraction of sp³-hybridized carbons (Fsp3) is 0.130. The van der Waals surface area contributed by atoms with Crippen molar-refractivity contribution < 1.29 is 21.6 Å². The van der Waals surface area contributed by atoms with Crippen LogP contribution >= 0.6 is 0 Å². The summed E-state index contributed by atoms with van der Waals surface area (Å²) < 4.78 is 49.0. The van der Waals surface area contributed by atoms with Crippen LogP contribution in [-0.2, 0) is 31.3 Å². The lowest BCUT2D eigenvalue weighted by Gasteiger charge is -2.19. The fourth-order valence-corrected chi connectivity index (χ4v) is 4.64. The second-order valence-electron chi connectivity index (χ2n) is 7.57. The fourth-order valence-electron chi connectivity index (χ4n) is 3.37. The quantitative estimate of drug-likeness (QED) is 0.428. The van der Waals surface area contributed by atoms with Crippen LogP contribution in [0, 0.1) is 11.3 Å². The number of nitrogens with one attached hydrogen (secondary N) is 2. The molecule has 0 aromatic heterocycles. The molecule has 0 fully saturated rings. The van der Waals surface area contributed by atoms with Gasteiger partial charge in [-0.15, -0.1) is 0 Å². The van der Waals surface area contributed by atoms with Crippen LogP contribution in [0.3, 0.4) is 0 Å². The number of amides is 1. The Labute approximate surface area is 198 Å². The van der Waals surface area contributed by atoms with Crippen LogP contribution in [0.25, 0.3) is 11.1 Å². The molecule has 4 N–H and O–H groups in total. The molecule has 11 heteroatoms. The Morgan fingerprint density at radius 3 is 2.29 bits per heavy atom. The second kappa shape index (κ2) is 10.0. The molecule has 0 heterocycles. The molecule has 1 amide bonds. The van der Waals surface area contributed by atoms with Gasteiger partial charge in [-0.25, -0.2) is 22.0 Å². The van der Waals surface area contributed by atoms with Crippen LogP contribution in [0.15, 0.2) is 77.7 Å². The molecule has 3 aromatic rings. The molecule has 34 heavy (non-hydrogen) atoms. The van der Waals surface area contributed by atoms with E-state index >= 15 is 0 Å². The molecule has 1 atom stereocenters. The van der Waals surface area contributed by atoms with E-state index in [9.17, 15) is 21.6 Å². The SMILES string of the molecule is CS(=O)(=O)NC(=O)[C@H](Cc1cccc(C#N)c1)Nc1ccc(-c2ccccc2S(N)(=O)=O)cc1. The van der Waals surface area contributed by atoms with Gasteiger partial charge < -0.3 is 5.32 Å².